The highest BCUT2D eigenvalue weighted by Gasteiger charge is 2.23. The van der Waals surface area contributed by atoms with Gasteiger partial charge in [0.15, 0.2) is 18.1 Å². The largest absolute Gasteiger partial charge is 0.460 e. The lowest BCUT2D eigenvalue weighted by Gasteiger charge is -2.17. The molecule has 7 heteroatoms. The maximum Gasteiger partial charge on any atom is 0.162 e. The quantitative estimate of drug-likeness (QED) is 0.287. The Bertz CT molecular complexity index is 261. The molecule has 0 aliphatic carbocycles. The highest BCUT2D eigenvalue weighted by molar-refractivity contribution is 6.64. The van der Waals surface area contributed by atoms with Crippen LogP contribution in [0.2, 0.25) is 25.2 Å². The van der Waals surface area contributed by atoms with Crippen LogP contribution >= 0.6 is 0 Å². The molecule has 2 aliphatic rings. The first kappa shape index (κ1) is 16.6. The van der Waals surface area contributed by atoms with Crippen molar-refractivity contribution >= 4 is 18.1 Å². The van der Waals surface area contributed by atoms with Crippen molar-refractivity contribution in [2.24, 2.45) is 0 Å². The molecule has 0 bridgehead atoms. The van der Waals surface area contributed by atoms with E-state index < -0.39 is 18.1 Å². The zero-order valence-electron chi connectivity index (χ0n) is 12.7. The Labute approximate surface area is 125 Å². The molecule has 0 amide bonds. The van der Waals surface area contributed by atoms with E-state index in [1.165, 1.54) is 6.04 Å². The van der Waals surface area contributed by atoms with Gasteiger partial charge in [0.2, 0.25) is 0 Å². The lowest BCUT2D eigenvalue weighted by atomic mass is 10.5. The Hall–Kier alpha value is 0.234. The topological polar surface area (TPSA) is 52.8 Å². The fraction of sp³-hybridized carbons (Fsp3) is 1.00. The van der Waals surface area contributed by atoms with Crippen LogP contribution in [0.5, 0.6) is 0 Å². The van der Waals surface area contributed by atoms with Crippen molar-refractivity contribution in [2.45, 2.75) is 43.8 Å². The van der Waals surface area contributed by atoms with Gasteiger partial charge in [0, 0.05) is 13.2 Å². The number of rotatable bonds is 13. The maximum absolute atomic E-state index is 6.20. The minimum absolute atomic E-state index is 0.377. The van der Waals surface area contributed by atoms with Crippen molar-refractivity contribution in [3.05, 3.63) is 0 Å². The van der Waals surface area contributed by atoms with Crippen LogP contribution in [0.3, 0.4) is 0 Å². The first-order valence-corrected chi connectivity index (χ1v) is 12.7. The summed E-state index contributed by atoms with van der Waals surface area (Å²) in [5, 5.41) is 0. The predicted octanol–water partition coefficient (Wildman–Crippen LogP) is 0.931. The molecule has 2 rings (SSSR count). The van der Waals surface area contributed by atoms with Crippen LogP contribution in [0.15, 0.2) is 0 Å². The van der Waals surface area contributed by atoms with Gasteiger partial charge in [-0.3, -0.25) is 0 Å². The van der Waals surface area contributed by atoms with Gasteiger partial charge in [0.05, 0.1) is 26.4 Å². The second kappa shape index (κ2) is 9.29. The van der Waals surface area contributed by atoms with Crippen LogP contribution in [0.4, 0.5) is 0 Å². The Morgan fingerprint density at radius 2 is 1.45 bits per heavy atom. The molecule has 20 heavy (non-hydrogen) atoms. The van der Waals surface area contributed by atoms with Gasteiger partial charge in [-0.2, -0.15) is 0 Å². The summed E-state index contributed by atoms with van der Waals surface area (Å²) in [6, 6.07) is 2.32. The van der Waals surface area contributed by atoms with Gasteiger partial charge >= 0.3 is 0 Å². The molecule has 2 saturated heterocycles. The molecule has 118 valence electrons. The van der Waals surface area contributed by atoms with E-state index in [4.69, 9.17) is 23.1 Å². The van der Waals surface area contributed by atoms with Crippen molar-refractivity contribution in [3.63, 3.8) is 0 Å². The molecule has 0 saturated carbocycles. The first-order valence-electron chi connectivity index (χ1n) is 7.78. The number of ether oxygens (including phenoxy) is 4. The smallest absolute Gasteiger partial charge is 0.162 e. The summed E-state index contributed by atoms with van der Waals surface area (Å²) in [5.74, 6) is 0. The lowest BCUT2D eigenvalue weighted by Crippen LogP contribution is -2.25. The Morgan fingerprint density at radius 1 is 0.900 bits per heavy atom. The van der Waals surface area contributed by atoms with Gasteiger partial charge in [-0.25, -0.2) is 0 Å². The normalized spacial score (nSPS) is 27.3. The van der Waals surface area contributed by atoms with Crippen LogP contribution in [0.25, 0.3) is 0 Å². The zero-order chi connectivity index (χ0) is 14.2. The standard InChI is InChI=1S/C13H28O5Si2/c1-19(6-3-4-14-8-12-10-16-12)18-20(2)7-5-15-9-13-11-17-13/h12-13,19-20H,3-11H2,1-2H3. The average molecular weight is 321 g/mol. The van der Waals surface area contributed by atoms with E-state index in [0.29, 0.717) is 12.2 Å². The predicted molar refractivity (Wildman–Crippen MR) is 82.5 cm³/mol. The van der Waals surface area contributed by atoms with Crippen LogP contribution in [0, 0.1) is 0 Å². The van der Waals surface area contributed by atoms with E-state index in [1.54, 1.807) is 0 Å². The van der Waals surface area contributed by atoms with E-state index in [1.807, 2.05) is 0 Å². The third-order valence-corrected chi connectivity index (χ3v) is 9.43. The second-order valence-electron chi connectivity index (χ2n) is 5.75. The summed E-state index contributed by atoms with van der Waals surface area (Å²) in [6.45, 7) is 9.54. The molecular formula is C13H28O5Si2. The summed E-state index contributed by atoms with van der Waals surface area (Å²) >= 11 is 0. The summed E-state index contributed by atoms with van der Waals surface area (Å²) < 4.78 is 27.5. The van der Waals surface area contributed by atoms with E-state index in [0.717, 1.165) is 52.1 Å². The number of hydrogen-bond acceptors (Lipinski definition) is 5. The number of epoxide rings is 2. The third kappa shape index (κ3) is 8.50. The molecule has 5 nitrogen and oxygen atoms in total. The highest BCUT2D eigenvalue weighted by Crippen LogP contribution is 2.11. The summed E-state index contributed by atoms with van der Waals surface area (Å²) in [6.07, 6.45) is 1.88. The summed E-state index contributed by atoms with van der Waals surface area (Å²) in [5.41, 5.74) is 0. The Morgan fingerprint density at radius 3 is 2.05 bits per heavy atom. The molecule has 0 spiro atoms. The highest BCUT2D eigenvalue weighted by atomic mass is 28.4. The molecule has 2 aliphatic heterocycles. The van der Waals surface area contributed by atoms with E-state index >= 15 is 0 Å². The van der Waals surface area contributed by atoms with Crippen molar-refractivity contribution < 1.29 is 23.1 Å². The summed E-state index contributed by atoms with van der Waals surface area (Å²) in [4.78, 5) is 0. The van der Waals surface area contributed by atoms with Crippen LogP contribution in [-0.4, -0.2) is 69.9 Å². The fourth-order valence-corrected chi connectivity index (χ4v) is 7.51. The molecule has 0 radical (unpaired) electrons. The molecule has 0 aromatic heterocycles. The molecule has 2 heterocycles. The van der Waals surface area contributed by atoms with Crippen molar-refractivity contribution in [2.75, 3.05) is 39.6 Å². The van der Waals surface area contributed by atoms with Crippen LogP contribution in [0.1, 0.15) is 6.42 Å². The zero-order valence-corrected chi connectivity index (χ0v) is 15.0. The van der Waals surface area contributed by atoms with Gasteiger partial charge < -0.3 is 23.1 Å². The van der Waals surface area contributed by atoms with Gasteiger partial charge in [-0.05, 0) is 31.6 Å². The first-order chi connectivity index (χ1) is 9.74. The van der Waals surface area contributed by atoms with E-state index in [-0.39, 0.29) is 0 Å². The second-order valence-corrected chi connectivity index (χ2v) is 11.2. The molecule has 0 N–H and O–H groups in total. The monoisotopic (exact) mass is 320 g/mol. The third-order valence-electron chi connectivity index (χ3n) is 3.44. The minimum Gasteiger partial charge on any atom is -0.460 e. The Balaban J connectivity index is 1.35. The van der Waals surface area contributed by atoms with Crippen LogP contribution in [-0.2, 0) is 23.1 Å². The van der Waals surface area contributed by atoms with E-state index in [2.05, 4.69) is 13.1 Å². The SMILES string of the molecule is C[SiH](CCCOCC1CO1)O[SiH](C)CCOCC1CO1. The minimum atomic E-state index is -1.03. The summed E-state index contributed by atoms with van der Waals surface area (Å²) in [7, 11) is -2.03. The van der Waals surface area contributed by atoms with Gasteiger partial charge in [0.1, 0.15) is 12.2 Å². The van der Waals surface area contributed by atoms with Gasteiger partial charge in [0.25, 0.3) is 0 Å². The molecule has 4 atom stereocenters. The van der Waals surface area contributed by atoms with Crippen LogP contribution < -0.4 is 0 Å². The molecular weight excluding hydrogens is 292 g/mol. The van der Waals surface area contributed by atoms with E-state index in [9.17, 15) is 0 Å². The molecule has 0 aromatic rings. The number of hydrogen-bond donors (Lipinski definition) is 0. The average Bonchev–Trinajstić information content (AvgIpc) is 3.27. The molecule has 0 aromatic carbocycles. The van der Waals surface area contributed by atoms with Gasteiger partial charge in [-0.15, -0.1) is 0 Å². The molecule has 4 unspecified atom stereocenters. The fourth-order valence-electron chi connectivity index (χ4n) is 2.01. The molecule has 2 fully saturated rings. The van der Waals surface area contributed by atoms with Crippen molar-refractivity contribution in [1.82, 2.24) is 0 Å². The Kier molecular flexibility index (Phi) is 7.71. The van der Waals surface area contributed by atoms with Crippen molar-refractivity contribution in [1.29, 1.82) is 0 Å². The van der Waals surface area contributed by atoms with Gasteiger partial charge in [-0.1, -0.05) is 0 Å². The van der Waals surface area contributed by atoms with Crippen molar-refractivity contribution in [3.8, 4) is 0 Å². The maximum atomic E-state index is 6.20. The lowest BCUT2D eigenvalue weighted by molar-refractivity contribution is 0.116.